The smallest absolute Gasteiger partial charge is 0.221 e. The number of anilines is 2. The average molecular weight is 291 g/mol. The second kappa shape index (κ2) is 6.66. The number of hydrogen-bond donors (Lipinski definition) is 3. The lowest BCUT2D eigenvalue weighted by molar-refractivity contribution is -0.121. The first kappa shape index (κ1) is 14.9. The van der Waals surface area contributed by atoms with Crippen LogP contribution < -0.4 is 16.4 Å². The maximum Gasteiger partial charge on any atom is 0.221 e. The van der Waals surface area contributed by atoms with Gasteiger partial charge in [0.1, 0.15) is 11.6 Å². The van der Waals surface area contributed by atoms with Gasteiger partial charge in [-0.1, -0.05) is 23.2 Å². The molecule has 1 amide bonds. The Morgan fingerprint density at radius 1 is 1.44 bits per heavy atom. The zero-order chi connectivity index (χ0) is 13.7. The third-order valence-electron chi connectivity index (χ3n) is 2.05. The molecule has 1 aromatic rings. The van der Waals surface area contributed by atoms with E-state index in [1.54, 1.807) is 0 Å². The Morgan fingerprint density at radius 3 is 2.72 bits per heavy atom. The van der Waals surface area contributed by atoms with E-state index in [2.05, 4.69) is 15.6 Å². The van der Waals surface area contributed by atoms with Crippen molar-refractivity contribution in [3.05, 3.63) is 16.1 Å². The van der Waals surface area contributed by atoms with Crippen LogP contribution in [-0.2, 0) is 4.79 Å². The highest BCUT2D eigenvalue weighted by molar-refractivity contribution is 6.37. The zero-order valence-corrected chi connectivity index (χ0v) is 11.8. The van der Waals surface area contributed by atoms with Gasteiger partial charge in [0.15, 0.2) is 0 Å². The summed E-state index contributed by atoms with van der Waals surface area (Å²) in [6.45, 7) is 4.24. The van der Waals surface area contributed by atoms with Crippen molar-refractivity contribution in [1.82, 2.24) is 10.3 Å². The van der Waals surface area contributed by atoms with Gasteiger partial charge in [0.2, 0.25) is 5.91 Å². The number of halogens is 2. The Hall–Kier alpha value is -1.20. The van der Waals surface area contributed by atoms with E-state index in [9.17, 15) is 4.79 Å². The molecule has 0 saturated carbocycles. The molecule has 0 atom stereocenters. The summed E-state index contributed by atoms with van der Waals surface area (Å²) in [5.74, 6) is 0.599. The molecule has 0 aromatic carbocycles. The van der Waals surface area contributed by atoms with E-state index in [0.717, 1.165) is 0 Å². The zero-order valence-electron chi connectivity index (χ0n) is 10.3. The van der Waals surface area contributed by atoms with Gasteiger partial charge in [-0.15, -0.1) is 0 Å². The summed E-state index contributed by atoms with van der Waals surface area (Å²) in [7, 11) is 0. The molecule has 0 aliphatic heterocycles. The minimum atomic E-state index is -0.0319. The van der Waals surface area contributed by atoms with Crippen molar-refractivity contribution in [3.63, 3.8) is 0 Å². The molecule has 0 spiro atoms. The van der Waals surface area contributed by atoms with Gasteiger partial charge in [0, 0.05) is 19.0 Å². The van der Waals surface area contributed by atoms with E-state index < -0.39 is 0 Å². The molecular formula is C11H16Cl2N4O. The van der Waals surface area contributed by atoms with Crippen LogP contribution >= 0.6 is 23.2 Å². The van der Waals surface area contributed by atoms with Gasteiger partial charge in [-0.05, 0) is 19.9 Å². The van der Waals surface area contributed by atoms with E-state index >= 15 is 0 Å². The Balaban J connectivity index is 2.49. The quantitative estimate of drug-likeness (QED) is 0.777. The molecule has 0 aliphatic rings. The third-order valence-corrected chi connectivity index (χ3v) is 2.64. The van der Waals surface area contributed by atoms with Crippen LogP contribution in [0.3, 0.4) is 0 Å². The first-order chi connectivity index (χ1) is 8.40. The standard InChI is InChI=1S/C11H16Cl2N4O/c1-6(2)16-9(18)3-4-15-11-8(13)5-7(12)10(14)17-11/h5-6H,3-4H2,1-2H3,(H,16,18)(H3,14,15,17). The van der Waals surface area contributed by atoms with Crippen LogP contribution in [0.2, 0.25) is 10.0 Å². The fraction of sp³-hybridized carbons (Fsp3) is 0.455. The summed E-state index contributed by atoms with van der Waals surface area (Å²) in [5.41, 5.74) is 5.57. The molecule has 7 heteroatoms. The first-order valence-corrected chi connectivity index (χ1v) is 6.30. The number of pyridine rings is 1. The lowest BCUT2D eigenvalue weighted by Crippen LogP contribution is -2.31. The van der Waals surface area contributed by atoms with Crippen molar-refractivity contribution >= 4 is 40.7 Å². The minimum Gasteiger partial charge on any atom is -0.382 e. The Morgan fingerprint density at radius 2 is 2.11 bits per heavy atom. The number of nitrogen functional groups attached to an aromatic ring is 1. The van der Waals surface area contributed by atoms with Crippen LogP contribution in [0.4, 0.5) is 11.6 Å². The third kappa shape index (κ3) is 4.58. The molecule has 1 heterocycles. The molecule has 18 heavy (non-hydrogen) atoms. The van der Waals surface area contributed by atoms with E-state index in [1.807, 2.05) is 13.8 Å². The van der Waals surface area contributed by atoms with Gasteiger partial charge >= 0.3 is 0 Å². The van der Waals surface area contributed by atoms with Gasteiger partial charge in [0.25, 0.3) is 0 Å². The highest BCUT2D eigenvalue weighted by atomic mass is 35.5. The van der Waals surface area contributed by atoms with Crippen LogP contribution in [0.1, 0.15) is 20.3 Å². The second-order valence-electron chi connectivity index (χ2n) is 4.08. The molecule has 0 saturated heterocycles. The molecule has 0 bridgehead atoms. The van der Waals surface area contributed by atoms with Gasteiger partial charge < -0.3 is 16.4 Å². The summed E-state index contributed by atoms with van der Waals surface area (Å²) in [4.78, 5) is 15.4. The van der Waals surface area contributed by atoms with Crippen molar-refractivity contribution in [1.29, 1.82) is 0 Å². The lowest BCUT2D eigenvalue weighted by Gasteiger charge is -2.10. The lowest BCUT2D eigenvalue weighted by atomic mass is 10.3. The molecule has 1 rings (SSSR count). The molecule has 1 aromatic heterocycles. The summed E-state index contributed by atoms with van der Waals surface area (Å²) in [5, 5.41) is 6.41. The highest BCUT2D eigenvalue weighted by Crippen LogP contribution is 2.27. The van der Waals surface area contributed by atoms with Crippen LogP contribution in [0.25, 0.3) is 0 Å². The minimum absolute atomic E-state index is 0.0319. The van der Waals surface area contributed by atoms with Crippen LogP contribution in [0.5, 0.6) is 0 Å². The van der Waals surface area contributed by atoms with Gasteiger partial charge in [0.05, 0.1) is 10.0 Å². The number of amides is 1. The fourth-order valence-electron chi connectivity index (χ4n) is 1.29. The predicted octanol–water partition coefficient (Wildman–Crippen LogP) is 2.30. The Labute approximate surface area is 116 Å². The SMILES string of the molecule is CC(C)NC(=O)CCNc1nc(N)c(Cl)cc1Cl. The number of hydrogen-bond acceptors (Lipinski definition) is 4. The molecular weight excluding hydrogens is 275 g/mol. The number of rotatable bonds is 5. The number of carbonyl (C=O) groups is 1. The molecule has 0 unspecified atom stereocenters. The van der Waals surface area contributed by atoms with Crippen LogP contribution in [0.15, 0.2) is 6.07 Å². The normalized spacial score (nSPS) is 10.5. The van der Waals surface area contributed by atoms with Crippen molar-refractivity contribution < 1.29 is 4.79 Å². The van der Waals surface area contributed by atoms with Gasteiger partial charge in [-0.3, -0.25) is 4.79 Å². The molecule has 100 valence electrons. The number of nitrogens with two attached hydrogens (primary N) is 1. The molecule has 0 fully saturated rings. The fourth-order valence-corrected chi connectivity index (χ4v) is 1.72. The van der Waals surface area contributed by atoms with Crippen molar-refractivity contribution in [3.8, 4) is 0 Å². The maximum absolute atomic E-state index is 11.4. The topological polar surface area (TPSA) is 80.0 Å². The van der Waals surface area contributed by atoms with E-state index in [-0.39, 0.29) is 17.8 Å². The van der Waals surface area contributed by atoms with E-state index in [1.165, 1.54) is 6.07 Å². The maximum atomic E-state index is 11.4. The van der Waals surface area contributed by atoms with Crippen molar-refractivity contribution in [2.24, 2.45) is 0 Å². The van der Waals surface area contributed by atoms with Crippen LogP contribution in [-0.4, -0.2) is 23.5 Å². The molecule has 0 aliphatic carbocycles. The first-order valence-electron chi connectivity index (χ1n) is 5.55. The number of aromatic nitrogens is 1. The number of carbonyl (C=O) groups excluding carboxylic acids is 1. The monoisotopic (exact) mass is 290 g/mol. The largest absolute Gasteiger partial charge is 0.382 e. The Kier molecular flexibility index (Phi) is 5.50. The summed E-state index contributed by atoms with van der Waals surface area (Å²) < 4.78 is 0. The van der Waals surface area contributed by atoms with Crippen LogP contribution in [0, 0.1) is 0 Å². The molecule has 4 N–H and O–H groups in total. The van der Waals surface area contributed by atoms with E-state index in [4.69, 9.17) is 28.9 Å². The number of nitrogens with one attached hydrogen (secondary N) is 2. The molecule has 0 radical (unpaired) electrons. The Bertz CT molecular complexity index is 437. The highest BCUT2D eigenvalue weighted by Gasteiger charge is 2.08. The average Bonchev–Trinajstić information content (AvgIpc) is 2.24. The van der Waals surface area contributed by atoms with Crippen molar-refractivity contribution in [2.75, 3.05) is 17.6 Å². The predicted molar refractivity (Wildman–Crippen MR) is 75.1 cm³/mol. The van der Waals surface area contributed by atoms with E-state index in [0.29, 0.717) is 28.8 Å². The molecule has 5 nitrogen and oxygen atoms in total. The van der Waals surface area contributed by atoms with Gasteiger partial charge in [-0.25, -0.2) is 4.98 Å². The number of nitrogens with zero attached hydrogens (tertiary/aromatic N) is 1. The van der Waals surface area contributed by atoms with Crippen molar-refractivity contribution in [2.45, 2.75) is 26.3 Å². The second-order valence-corrected chi connectivity index (χ2v) is 4.90. The summed E-state index contributed by atoms with van der Waals surface area (Å²) >= 11 is 11.7. The summed E-state index contributed by atoms with van der Waals surface area (Å²) in [6.07, 6.45) is 0.332. The summed E-state index contributed by atoms with van der Waals surface area (Å²) in [6, 6.07) is 1.65. The van der Waals surface area contributed by atoms with Gasteiger partial charge in [-0.2, -0.15) is 0 Å².